The number of fused-ring (bicyclic) bond motifs is 1. The van der Waals surface area contributed by atoms with Crippen LogP contribution in [-0.2, 0) is 6.42 Å². The minimum absolute atomic E-state index is 0.187. The molecule has 0 bridgehead atoms. The van der Waals surface area contributed by atoms with Crippen LogP contribution < -0.4 is 5.32 Å². The van der Waals surface area contributed by atoms with E-state index in [-0.39, 0.29) is 6.61 Å². The Labute approximate surface area is 215 Å². The molecule has 4 heteroatoms. The van der Waals surface area contributed by atoms with E-state index in [1.54, 1.807) is 0 Å². The van der Waals surface area contributed by atoms with Gasteiger partial charge in [-0.15, -0.1) is 0 Å². The van der Waals surface area contributed by atoms with E-state index in [0.29, 0.717) is 5.92 Å². The molecule has 2 N–H and O–H groups in total. The van der Waals surface area contributed by atoms with Crippen molar-refractivity contribution >= 4 is 22.1 Å². The van der Waals surface area contributed by atoms with E-state index in [1.807, 2.05) is 0 Å². The lowest BCUT2D eigenvalue weighted by Crippen LogP contribution is -2.44. The average molecular weight is 483 g/mol. The number of hydrogen-bond donors (Lipinski definition) is 2. The molecule has 0 amide bonds. The summed E-state index contributed by atoms with van der Waals surface area (Å²) in [6, 6.07) is 19.5. The molecule has 1 fully saturated rings. The maximum Gasteiger partial charge on any atom is 0.134 e. The molecule has 2 heterocycles. The molecule has 5 rings (SSSR count). The molecular formula is C32H38N2O2. The number of allylic oxidation sites excluding steroid dienone is 6. The molecule has 2 aliphatic rings. The van der Waals surface area contributed by atoms with Gasteiger partial charge in [0.05, 0.1) is 0 Å². The Bertz CT molecular complexity index is 1250. The van der Waals surface area contributed by atoms with Crippen molar-refractivity contribution in [2.75, 3.05) is 39.3 Å². The van der Waals surface area contributed by atoms with Crippen molar-refractivity contribution < 1.29 is 9.52 Å². The van der Waals surface area contributed by atoms with E-state index in [1.165, 1.54) is 27.8 Å². The largest absolute Gasteiger partial charge is 0.461 e. The van der Waals surface area contributed by atoms with Crippen LogP contribution in [0.1, 0.15) is 43.1 Å². The zero-order chi connectivity index (χ0) is 24.7. The minimum atomic E-state index is 0.187. The summed E-state index contributed by atoms with van der Waals surface area (Å²) in [6.45, 7) is 7.84. The van der Waals surface area contributed by atoms with Crippen molar-refractivity contribution in [2.24, 2.45) is 5.92 Å². The third kappa shape index (κ3) is 5.89. The van der Waals surface area contributed by atoms with Crippen LogP contribution in [0.3, 0.4) is 0 Å². The normalized spacial score (nSPS) is 19.4. The van der Waals surface area contributed by atoms with E-state index in [0.717, 1.165) is 75.1 Å². The second kappa shape index (κ2) is 11.9. The Balaban J connectivity index is 1.52. The highest BCUT2D eigenvalue weighted by molar-refractivity contribution is 6.01. The van der Waals surface area contributed by atoms with Crippen molar-refractivity contribution in [1.82, 2.24) is 10.2 Å². The number of furan rings is 1. The Morgan fingerprint density at radius 2 is 1.89 bits per heavy atom. The molecule has 1 saturated heterocycles. The second-order valence-corrected chi connectivity index (χ2v) is 10.1. The molecule has 1 unspecified atom stereocenters. The van der Waals surface area contributed by atoms with Gasteiger partial charge >= 0.3 is 0 Å². The van der Waals surface area contributed by atoms with Crippen LogP contribution in [0, 0.1) is 5.92 Å². The lowest BCUT2D eigenvalue weighted by Gasteiger charge is -2.26. The van der Waals surface area contributed by atoms with E-state index in [2.05, 4.69) is 90.0 Å². The van der Waals surface area contributed by atoms with Crippen LogP contribution in [-0.4, -0.2) is 49.3 Å². The van der Waals surface area contributed by atoms with Crippen LogP contribution in [0.25, 0.3) is 22.1 Å². The lowest BCUT2D eigenvalue weighted by molar-refractivity contribution is 0.239. The highest BCUT2D eigenvalue weighted by Crippen LogP contribution is 2.39. The van der Waals surface area contributed by atoms with Gasteiger partial charge in [0.1, 0.15) is 11.3 Å². The zero-order valence-electron chi connectivity index (χ0n) is 21.4. The first-order valence-electron chi connectivity index (χ1n) is 13.5. The summed E-state index contributed by atoms with van der Waals surface area (Å²) in [4.78, 5) is 2.51. The fraction of sp³-hybridized carbons (Fsp3) is 0.375. The summed E-state index contributed by atoms with van der Waals surface area (Å²) in [7, 11) is 0. The van der Waals surface area contributed by atoms with Gasteiger partial charge in [-0.2, -0.15) is 0 Å². The summed E-state index contributed by atoms with van der Waals surface area (Å²) in [6.07, 6.45) is 10.5. The Morgan fingerprint density at radius 3 is 2.64 bits per heavy atom. The molecule has 2 aromatic carbocycles. The summed E-state index contributed by atoms with van der Waals surface area (Å²) < 4.78 is 6.24. The van der Waals surface area contributed by atoms with Crippen LogP contribution in [0.5, 0.6) is 0 Å². The standard InChI is InChI=1S/C32H38N2O2/c1-24-9-11-26(12-10-24)32(30(8-5-21-35)25-6-3-2-4-7-25)27-13-14-31-28(22-27)23-29(36-31)15-18-34-19-16-33-17-20-34/h2-4,6-7,9,11-14,22-24,33,35H,5,8,10,15-21H2,1H3/b32-30-. The quantitative estimate of drug-likeness (QED) is 0.363. The molecule has 0 radical (unpaired) electrons. The molecule has 0 spiro atoms. The lowest BCUT2D eigenvalue weighted by atomic mass is 9.84. The van der Waals surface area contributed by atoms with Gasteiger partial charge in [-0.1, -0.05) is 61.5 Å². The first-order chi connectivity index (χ1) is 17.7. The predicted octanol–water partition coefficient (Wildman–Crippen LogP) is 6.09. The van der Waals surface area contributed by atoms with Crippen molar-refractivity contribution in [2.45, 2.75) is 32.6 Å². The Morgan fingerprint density at radius 1 is 1.06 bits per heavy atom. The molecule has 1 aliphatic carbocycles. The molecule has 36 heavy (non-hydrogen) atoms. The fourth-order valence-electron chi connectivity index (χ4n) is 5.32. The third-order valence-corrected chi connectivity index (χ3v) is 7.35. The number of aliphatic hydroxyl groups is 1. The molecule has 4 nitrogen and oxygen atoms in total. The molecular weight excluding hydrogens is 444 g/mol. The molecule has 1 atom stereocenters. The second-order valence-electron chi connectivity index (χ2n) is 10.1. The maximum absolute atomic E-state index is 9.68. The molecule has 1 aliphatic heterocycles. The summed E-state index contributed by atoms with van der Waals surface area (Å²) in [5, 5.41) is 14.3. The van der Waals surface area contributed by atoms with Crippen molar-refractivity contribution in [3.63, 3.8) is 0 Å². The predicted molar refractivity (Wildman–Crippen MR) is 150 cm³/mol. The van der Waals surface area contributed by atoms with Crippen molar-refractivity contribution in [3.05, 3.63) is 95.3 Å². The average Bonchev–Trinajstić information content (AvgIpc) is 3.34. The van der Waals surface area contributed by atoms with Crippen molar-refractivity contribution in [3.8, 4) is 0 Å². The van der Waals surface area contributed by atoms with Gasteiger partial charge in [0, 0.05) is 51.1 Å². The van der Waals surface area contributed by atoms with Crippen LogP contribution in [0.4, 0.5) is 0 Å². The summed E-state index contributed by atoms with van der Waals surface area (Å²) in [5.41, 5.74) is 7.20. The van der Waals surface area contributed by atoms with E-state index in [9.17, 15) is 5.11 Å². The number of nitrogens with zero attached hydrogens (tertiary/aromatic N) is 1. The number of benzene rings is 2. The Kier molecular flexibility index (Phi) is 8.17. The van der Waals surface area contributed by atoms with Gasteiger partial charge in [-0.25, -0.2) is 0 Å². The van der Waals surface area contributed by atoms with Gasteiger partial charge < -0.3 is 19.7 Å². The Hall–Kier alpha value is -2.92. The summed E-state index contributed by atoms with van der Waals surface area (Å²) >= 11 is 0. The molecule has 188 valence electrons. The zero-order valence-corrected chi connectivity index (χ0v) is 21.4. The first kappa shape index (κ1) is 24.8. The van der Waals surface area contributed by atoms with Crippen LogP contribution in [0.2, 0.25) is 0 Å². The van der Waals surface area contributed by atoms with Gasteiger partial charge in [-0.3, -0.25) is 0 Å². The highest BCUT2D eigenvalue weighted by atomic mass is 16.3. The number of aliphatic hydroxyl groups excluding tert-OH is 1. The third-order valence-electron chi connectivity index (χ3n) is 7.35. The number of nitrogens with one attached hydrogen (secondary N) is 1. The number of hydrogen-bond acceptors (Lipinski definition) is 4. The monoisotopic (exact) mass is 482 g/mol. The first-order valence-corrected chi connectivity index (χ1v) is 13.5. The molecule has 0 saturated carbocycles. The number of piperazine rings is 1. The van der Waals surface area contributed by atoms with E-state index in [4.69, 9.17) is 4.42 Å². The van der Waals surface area contributed by atoms with E-state index >= 15 is 0 Å². The van der Waals surface area contributed by atoms with Crippen molar-refractivity contribution in [1.29, 1.82) is 0 Å². The minimum Gasteiger partial charge on any atom is -0.461 e. The van der Waals surface area contributed by atoms with Gasteiger partial charge in [0.25, 0.3) is 0 Å². The highest BCUT2D eigenvalue weighted by Gasteiger charge is 2.18. The van der Waals surface area contributed by atoms with Crippen LogP contribution >= 0.6 is 0 Å². The topological polar surface area (TPSA) is 48.6 Å². The molecule has 3 aromatic rings. The maximum atomic E-state index is 9.68. The van der Waals surface area contributed by atoms with Gasteiger partial charge in [-0.05, 0) is 71.2 Å². The fourth-order valence-corrected chi connectivity index (χ4v) is 5.32. The summed E-state index contributed by atoms with van der Waals surface area (Å²) in [5.74, 6) is 1.61. The van der Waals surface area contributed by atoms with E-state index < -0.39 is 0 Å². The molecule has 1 aromatic heterocycles. The van der Waals surface area contributed by atoms with Gasteiger partial charge in [0.2, 0.25) is 0 Å². The SMILES string of the molecule is CC1C=CC(/C(=C(\CCCO)c2ccccc2)c2ccc3oc(CCN4CCNCC4)cc3c2)=CC1. The smallest absolute Gasteiger partial charge is 0.134 e. The van der Waals surface area contributed by atoms with Gasteiger partial charge in [0.15, 0.2) is 0 Å². The van der Waals surface area contributed by atoms with Crippen LogP contribution in [0.15, 0.2) is 82.8 Å². The number of rotatable bonds is 9.